The summed E-state index contributed by atoms with van der Waals surface area (Å²) in [6.07, 6.45) is 1.60. The molecule has 0 amide bonds. The number of nitrogens with one attached hydrogen (secondary N) is 1. The van der Waals surface area contributed by atoms with E-state index in [0.717, 1.165) is 22.9 Å². The number of sulfone groups is 1. The van der Waals surface area contributed by atoms with Gasteiger partial charge >= 0.3 is 0 Å². The Kier molecular flexibility index (Phi) is 4.45. The highest BCUT2D eigenvalue weighted by Crippen LogP contribution is 2.20. The fourth-order valence-corrected chi connectivity index (χ4v) is 4.68. The topological polar surface area (TPSA) is 46.2 Å². The molecule has 1 aliphatic rings. The number of benzene rings is 1. The van der Waals surface area contributed by atoms with Crippen molar-refractivity contribution in [3.8, 4) is 0 Å². The van der Waals surface area contributed by atoms with Gasteiger partial charge in [-0.1, -0.05) is 28.1 Å². The zero-order valence-corrected chi connectivity index (χ0v) is 12.9. The van der Waals surface area contributed by atoms with E-state index >= 15 is 0 Å². The average molecular weight is 332 g/mol. The van der Waals surface area contributed by atoms with Gasteiger partial charge in [0.05, 0.1) is 11.0 Å². The van der Waals surface area contributed by atoms with E-state index in [1.54, 1.807) is 0 Å². The molecule has 1 aromatic carbocycles. The maximum Gasteiger partial charge on any atom is 0.154 e. The summed E-state index contributed by atoms with van der Waals surface area (Å²) in [5.74, 6) is 0.355. The van der Waals surface area contributed by atoms with E-state index < -0.39 is 9.84 Å². The molecule has 0 unspecified atom stereocenters. The van der Waals surface area contributed by atoms with Crippen molar-refractivity contribution in [2.75, 3.05) is 12.3 Å². The summed E-state index contributed by atoms with van der Waals surface area (Å²) in [5.41, 5.74) is 2.37. The van der Waals surface area contributed by atoms with Crippen molar-refractivity contribution in [3.05, 3.63) is 33.8 Å². The van der Waals surface area contributed by atoms with Crippen molar-refractivity contribution in [1.29, 1.82) is 0 Å². The second-order valence-corrected chi connectivity index (χ2v) is 8.11. The van der Waals surface area contributed by atoms with Crippen LogP contribution in [0.2, 0.25) is 0 Å². The standard InChI is InChI=1S/C13H18BrNO2S/c1-10-4-5-11(13(14)7-10)8-15-9-12-3-2-6-18(12,16)17/h4-5,7,12,15H,2-3,6,8-9H2,1H3/t12-/m1/s1. The molecule has 0 aliphatic carbocycles. The van der Waals surface area contributed by atoms with E-state index in [1.165, 1.54) is 5.56 Å². The highest BCUT2D eigenvalue weighted by atomic mass is 79.9. The zero-order chi connectivity index (χ0) is 13.2. The van der Waals surface area contributed by atoms with E-state index in [0.29, 0.717) is 18.8 Å². The van der Waals surface area contributed by atoms with Crippen LogP contribution in [0.3, 0.4) is 0 Å². The second kappa shape index (κ2) is 5.72. The predicted molar refractivity (Wildman–Crippen MR) is 77.4 cm³/mol. The SMILES string of the molecule is Cc1ccc(CNC[C@H]2CCCS2(=O)=O)c(Br)c1. The summed E-state index contributed by atoms with van der Waals surface area (Å²) in [6.45, 7) is 3.31. The molecular weight excluding hydrogens is 314 g/mol. The molecule has 5 heteroatoms. The summed E-state index contributed by atoms with van der Waals surface area (Å²) < 4.78 is 24.4. The van der Waals surface area contributed by atoms with Crippen LogP contribution in [0.5, 0.6) is 0 Å². The monoisotopic (exact) mass is 331 g/mol. The lowest BCUT2D eigenvalue weighted by Gasteiger charge is -2.12. The first kappa shape index (κ1) is 14.0. The first-order chi connectivity index (χ1) is 8.49. The lowest BCUT2D eigenvalue weighted by Crippen LogP contribution is -2.30. The first-order valence-electron chi connectivity index (χ1n) is 6.16. The number of halogens is 1. The fourth-order valence-electron chi connectivity index (χ4n) is 2.25. The van der Waals surface area contributed by atoms with Gasteiger partial charge in [-0.05, 0) is 37.0 Å². The third kappa shape index (κ3) is 3.33. The van der Waals surface area contributed by atoms with Crippen LogP contribution in [0.1, 0.15) is 24.0 Å². The van der Waals surface area contributed by atoms with E-state index in [4.69, 9.17) is 0 Å². The van der Waals surface area contributed by atoms with E-state index in [1.807, 2.05) is 6.92 Å². The maximum atomic E-state index is 11.7. The van der Waals surface area contributed by atoms with E-state index in [-0.39, 0.29) is 5.25 Å². The Morgan fingerprint density at radius 2 is 2.22 bits per heavy atom. The Labute approximate surface area is 117 Å². The second-order valence-electron chi connectivity index (χ2n) is 4.86. The molecule has 1 aliphatic heterocycles. The van der Waals surface area contributed by atoms with Gasteiger partial charge in [0.25, 0.3) is 0 Å². The fraction of sp³-hybridized carbons (Fsp3) is 0.538. The van der Waals surface area contributed by atoms with Crippen LogP contribution < -0.4 is 5.32 Å². The van der Waals surface area contributed by atoms with Gasteiger partial charge in [-0.25, -0.2) is 8.42 Å². The molecule has 0 spiro atoms. The van der Waals surface area contributed by atoms with Crippen molar-refractivity contribution >= 4 is 25.8 Å². The Bertz CT molecular complexity index is 528. The lowest BCUT2D eigenvalue weighted by molar-refractivity contribution is 0.574. The molecule has 0 bridgehead atoms. The van der Waals surface area contributed by atoms with Crippen LogP contribution >= 0.6 is 15.9 Å². The molecule has 1 saturated heterocycles. The zero-order valence-electron chi connectivity index (χ0n) is 10.4. The molecule has 0 aromatic heterocycles. The van der Waals surface area contributed by atoms with E-state index in [2.05, 4.69) is 39.4 Å². The van der Waals surface area contributed by atoms with Crippen LogP contribution in [0.4, 0.5) is 0 Å². The summed E-state index contributed by atoms with van der Waals surface area (Å²) in [5, 5.41) is 3.06. The van der Waals surface area contributed by atoms with Crippen molar-refractivity contribution in [3.63, 3.8) is 0 Å². The number of hydrogen-bond acceptors (Lipinski definition) is 3. The smallest absolute Gasteiger partial charge is 0.154 e. The molecule has 100 valence electrons. The Morgan fingerprint density at radius 3 is 2.83 bits per heavy atom. The minimum absolute atomic E-state index is 0.193. The lowest BCUT2D eigenvalue weighted by atomic mass is 10.1. The summed E-state index contributed by atoms with van der Waals surface area (Å²) in [7, 11) is -2.83. The molecule has 1 atom stereocenters. The molecule has 1 N–H and O–H groups in total. The van der Waals surface area contributed by atoms with Crippen LogP contribution in [-0.4, -0.2) is 26.0 Å². The van der Waals surface area contributed by atoms with Crippen molar-refractivity contribution in [2.45, 2.75) is 31.6 Å². The van der Waals surface area contributed by atoms with Crippen LogP contribution in [-0.2, 0) is 16.4 Å². The maximum absolute atomic E-state index is 11.7. The molecule has 0 radical (unpaired) electrons. The third-order valence-electron chi connectivity index (χ3n) is 3.36. The molecule has 1 fully saturated rings. The van der Waals surface area contributed by atoms with Crippen molar-refractivity contribution in [2.24, 2.45) is 0 Å². The minimum Gasteiger partial charge on any atom is -0.311 e. The molecule has 0 saturated carbocycles. The summed E-state index contributed by atoms with van der Waals surface area (Å²) >= 11 is 3.52. The van der Waals surface area contributed by atoms with E-state index in [9.17, 15) is 8.42 Å². The van der Waals surface area contributed by atoms with Gasteiger partial charge in [-0.3, -0.25) is 0 Å². The third-order valence-corrected chi connectivity index (χ3v) is 6.37. The van der Waals surface area contributed by atoms with Crippen molar-refractivity contribution in [1.82, 2.24) is 5.32 Å². The molecule has 2 rings (SSSR count). The summed E-state index contributed by atoms with van der Waals surface area (Å²) in [4.78, 5) is 0. The van der Waals surface area contributed by atoms with Gasteiger partial charge in [0.2, 0.25) is 0 Å². The summed E-state index contributed by atoms with van der Waals surface area (Å²) in [6, 6.07) is 6.20. The predicted octanol–water partition coefficient (Wildman–Crippen LogP) is 2.42. The Hall–Kier alpha value is -0.390. The number of rotatable bonds is 4. The molecule has 3 nitrogen and oxygen atoms in total. The molecular formula is C13H18BrNO2S. The molecule has 18 heavy (non-hydrogen) atoms. The van der Waals surface area contributed by atoms with Gasteiger partial charge < -0.3 is 5.32 Å². The highest BCUT2D eigenvalue weighted by Gasteiger charge is 2.30. The van der Waals surface area contributed by atoms with Crippen LogP contribution in [0.25, 0.3) is 0 Å². The molecule has 1 aromatic rings. The normalized spacial score (nSPS) is 22.2. The minimum atomic E-state index is -2.83. The van der Waals surface area contributed by atoms with Gasteiger partial charge in [0, 0.05) is 17.6 Å². The van der Waals surface area contributed by atoms with Crippen LogP contribution in [0.15, 0.2) is 22.7 Å². The first-order valence-corrected chi connectivity index (χ1v) is 8.67. The molecule has 1 heterocycles. The van der Waals surface area contributed by atoms with Gasteiger partial charge in [-0.15, -0.1) is 0 Å². The number of hydrogen-bond donors (Lipinski definition) is 1. The average Bonchev–Trinajstić information content (AvgIpc) is 2.61. The van der Waals surface area contributed by atoms with Gasteiger partial charge in [0.15, 0.2) is 9.84 Å². The van der Waals surface area contributed by atoms with Gasteiger partial charge in [-0.2, -0.15) is 0 Å². The quantitative estimate of drug-likeness (QED) is 0.921. The largest absolute Gasteiger partial charge is 0.311 e. The highest BCUT2D eigenvalue weighted by molar-refractivity contribution is 9.10. The van der Waals surface area contributed by atoms with Crippen LogP contribution in [0, 0.1) is 6.92 Å². The number of aryl methyl sites for hydroxylation is 1. The Morgan fingerprint density at radius 1 is 1.44 bits per heavy atom. The van der Waals surface area contributed by atoms with Gasteiger partial charge in [0.1, 0.15) is 0 Å². The van der Waals surface area contributed by atoms with Crippen molar-refractivity contribution < 1.29 is 8.42 Å². The Balaban J connectivity index is 1.89.